The van der Waals surface area contributed by atoms with Gasteiger partial charge in [-0.1, -0.05) is 88.4 Å². The summed E-state index contributed by atoms with van der Waals surface area (Å²) in [6.45, 7) is 12.8. The molecule has 4 nitrogen and oxygen atoms in total. The molecule has 0 spiro atoms. The highest BCUT2D eigenvalue weighted by molar-refractivity contribution is 5.34. The SMILES string of the molecule is CCC(CC(C)c1cc[n+](Cc2ccccc2)cc1)c1cc[n+](CC2=C[C+]=C(C[n+]3ccc(C(CC)CC(CC)c4cc[n+](Cc5ccccc5)cc4)cc3)C=C2)cc1. The molecule has 0 fully saturated rings. The van der Waals surface area contributed by atoms with Crippen LogP contribution in [0.2, 0.25) is 0 Å². The normalized spacial score (nSPS) is 14.4. The average molecular weight is 780 g/mol. The largest absolute Gasteiger partial charge is 0.216 e. The van der Waals surface area contributed by atoms with Crippen LogP contribution in [0, 0.1) is 6.08 Å². The third-order valence-electron chi connectivity index (χ3n) is 12.4. The molecule has 0 amide bonds. The van der Waals surface area contributed by atoms with Crippen LogP contribution < -0.4 is 18.3 Å². The molecule has 1 aliphatic carbocycles. The molecular formula is C55H63N4+5. The molecule has 0 saturated carbocycles. The Morgan fingerprint density at radius 1 is 0.424 bits per heavy atom. The summed E-state index contributed by atoms with van der Waals surface area (Å²) in [4.78, 5) is 0. The standard InChI is InChI=1S/C55H63N4/c1-5-49(38-44(4)52-22-30-56(31-23-52)40-45-14-10-8-11-15-45)53-24-32-58(33-25-53)42-47-18-20-48(21-19-47)43-59-36-28-55(29-37-59)51(7-3)39-50(6-2)54-26-34-57(35-27-54)41-46-16-12-9-13-17-46/h8-20,22-37,44,49-51H,5-7,38-43H2,1-4H3/q+5. The minimum atomic E-state index is 0.495. The second-order valence-electron chi connectivity index (χ2n) is 16.6. The van der Waals surface area contributed by atoms with Crippen molar-refractivity contribution in [2.75, 3.05) is 0 Å². The predicted octanol–water partition coefficient (Wildman–Crippen LogP) is 10.6. The molecular weight excluding hydrogens is 717 g/mol. The van der Waals surface area contributed by atoms with E-state index >= 15 is 0 Å². The van der Waals surface area contributed by atoms with E-state index in [2.05, 4.69) is 229 Å². The van der Waals surface area contributed by atoms with Crippen molar-refractivity contribution >= 4 is 0 Å². The van der Waals surface area contributed by atoms with Crippen molar-refractivity contribution in [3.63, 3.8) is 0 Å². The van der Waals surface area contributed by atoms with Gasteiger partial charge in [0.05, 0.1) is 18.2 Å². The lowest BCUT2D eigenvalue weighted by atomic mass is 9.83. The molecule has 6 aromatic rings. The zero-order chi connectivity index (χ0) is 40.8. The fraction of sp³-hybridized carbons (Fsp3) is 0.309. The summed E-state index contributed by atoms with van der Waals surface area (Å²) in [5, 5.41) is 0. The zero-order valence-electron chi connectivity index (χ0n) is 35.7. The van der Waals surface area contributed by atoms with Gasteiger partial charge in [-0.3, -0.25) is 0 Å². The summed E-state index contributed by atoms with van der Waals surface area (Å²) >= 11 is 0. The minimum absolute atomic E-state index is 0.495. The van der Waals surface area contributed by atoms with E-state index in [1.807, 2.05) is 0 Å². The van der Waals surface area contributed by atoms with Gasteiger partial charge >= 0.3 is 0 Å². The first kappa shape index (κ1) is 41.3. The van der Waals surface area contributed by atoms with Crippen LogP contribution in [-0.2, 0) is 26.2 Å². The van der Waals surface area contributed by atoms with Crippen molar-refractivity contribution < 1.29 is 18.3 Å². The summed E-state index contributed by atoms with van der Waals surface area (Å²) < 4.78 is 9.10. The van der Waals surface area contributed by atoms with E-state index in [-0.39, 0.29) is 0 Å². The number of hydrogen-bond donors (Lipinski definition) is 0. The Morgan fingerprint density at radius 2 is 0.814 bits per heavy atom. The van der Waals surface area contributed by atoms with E-state index in [0.717, 1.165) is 51.9 Å². The van der Waals surface area contributed by atoms with Crippen molar-refractivity contribution in [2.45, 2.75) is 110 Å². The van der Waals surface area contributed by atoms with Gasteiger partial charge in [-0.15, -0.1) is 0 Å². The summed E-state index contributed by atoms with van der Waals surface area (Å²) in [6.07, 6.45) is 33.9. The number of aromatic nitrogens is 4. The molecule has 4 unspecified atom stereocenters. The molecule has 0 radical (unpaired) electrons. The van der Waals surface area contributed by atoms with Gasteiger partial charge in [-0.25, -0.2) is 9.13 Å². The number of pyridine rings is 4. The maximum absolute atomic E-state index is 3.58. The Bertz CT molecular complexity index is 2270. The van der Waals surface area contributed by atoms with Crippen LogP contribution in [0.3, 0.4) is 0 Å². The van der Waals surface area contributed by atoms with Gasteiger partial charge in [0.2, 0.25) is 13.1 Å². The van der Waals surface area contributed by atoms with Gasteiger partial charge < -0.3 is 0 Å². The Kier molecular flexibility index (Phi) is 14.5. The Labute approximate surface area is 354 Å². The second-order valence-corrected chi connectivity index (χ2v) is 16.6. The van der Waals surface area contributed by atoms with Gasteiger partial charge in [0.25, 0.3) is 0 Å². The molecule has 0 saturated heterocycles. The van der Waals surface area contributed by atoms with Crippen LogP contribution in [-0.4, -0.2) is 0 Å². The highest BCUT2D eigenvalue weighted by Crippen LogP contribution is 2.34. The van der Waals surface area contributed by atoms with Gasteiger partial charge in [0.15, 0.2) is 68.2 Å². The van der Waals surface area contributed by atoms with Crippen LogP contribution in [0.15, 0.2) is 188 Å². The third-order valence-corrected chi connectivity index (χ3v) is 12.4. The second kappa shape index (κ2) is 20.7. The molecule has 298 valence electrons. The maximum Gasteiger partial charge on any atom is 0.216 e. The van der Waals surface area contributed by atoms with E-state index in [0.29, 0.717) is 23.7 Å². The van der Waals surface area contributed by atoms with Crippen molar-refractivity contribution in [3.8, 4) is 0 Å². The molecule has 2 aromatic carbocycles. The lowest BCUT2D eigenvalue weighted by molar-refractivity contribution is -0.689. The third kappa shape index (κ3) is 11.6. The minimum Gasteiger partial charge on any atom is -0.201 e. The molecule has 0 bridgehead atoms. The first-order valence-corrected chi connectivity index (χ1v) is 22.0. The first-order chi connectivity index (χ1) is 29.0. The fourth-order valence-corrected chi connectivity index (χ4v) is 8.65. The lowest BCUT2D eigenvalue weighted by Crippen LogP contribution is -2.34. The quantitative estimate of drug-likeness (QED) is 0.0575. The van der Waals surface area contributed by atoms with Crippen LogP contribution in [0.25, 0.3) is 0 Å². The number of benzene rings is 2. The molecule has 4 heteroatoms. The summed E-state index contributed by atoms with van der Waals surface area (Å²) in [5.74, 6) is 2.11. The van der Waals surface area contributed by atoms with E-state index in [1.54, 1.807) is 0 Å². The van der Waals surface area contributed by atoms with Gasteiger partial charge in [-0.05, 0) is 78.0 Å². The molecule has 59 heavy (non-hydrogen) atoms. The van der Waals surface area contributed by atoms with E-state index in [9.17, 15) is 0 Å². The highest BCUT2D eigenvalue weighted by atomic mass is 14.9. The molecule has 4 aromatic heterocycles. The van der Waals surface area contributed by atoms with Crippen molar-refractivity contribution in [3.05, 3.63) is 228 Å². The first-order valence-electron chi connectivity index (χ1n) is 22.0. The predicted molar refractivity (Wildman–Crippen MR) is 238 cm³/mol. The fourth-order valence-electron chi connectivity index (χ4n) is 8.65. The monoisotopic (exact) mass is 780 g/mol. The molecule has 4 heterocycles. The van der Waals surface area contributed by atoms with E-state index in [1.165, 1.54) is 50.9 Å². The summed E-state index contributed by atoms with van der Waals surface area (Å²) in [7, 11) is 0. The highest BCUT2D eigenvalue weighted by Gasteiger charge is 2.22. The number of nitrogens with zero attached hydrogens (tertiary/aromatic N) is 4. The smallest absolute Gasteiger partial charge is 0.201 e. The lowest BCUT2D eigenvalue weighted by Gasteiger charge is -2.22. The van der Waals surface area contributed by atoms with Crippen LogP contribution >= 0.6 is 0 Å². The van der Waals surface area contributed by atoms with Crippen molar-refractivity contribution in [1.82, 2.24) is 0 Å². The molecule has 0 N–H and O–H groups in total. The topological polar surface area (TPSA) is 15.5 Å². The summed E-state index contributed by atoms with van der Waals surface area (Å²) in [6, 6.07) is 39.9. The van der Waals surface area contributed by atoms with Gasteiger partial charge in [0, 0.05) is 59.7 Å². The Balaban J connectivity index is 0.885. The Hall–Kier alpha value is -5.83. The van der Waals surface area contributed by atoms with Crippen LogP contribution in [0.5, 0.6) is 0 Å². The van der Waals surface area contributed by atoms with Crippen LogP contribution in [0.4, 0.5) is 0 Å². The number of hydrogen-bond acceptors (Lipinski definition) is 0. The van der Waals surface area contributed by atoms with Crippen LogP contribution in [0.1, 0.15) is 117 Å². The molecule has 4 atom stereocenters. The van der Waals surface area contributed by atoms with E-state index < -0.39 is 0 Å². The van der Waals surface area contributed by atoms with Crippen molar-refractivity contribution in [2.24, 2.45) is 0 Å². The summed E-state index contributed by atoms with van der Waals surface area (Å²) in [5.41, 5.74) is 10.8. The maximum atomic E-state index is 3.58. The Morgan fingerprint density at radius 3 is 1.22 bits per heavy atom. The van der Waals surface area contributed by atoms with E-state index in [4.69, 9.17) is 0 Å². The number of allylic oxidation sites excluding steroid dienone is 6. The van der Waals surface area contributed by atoms with Gasteiger partial charge in [0.1, 0.15) is 11.6 Å². The molecule has 7 rings (SSSR count). The average Bonchev–Trinajstić information content (AvgIpc) is 3.28. The molecule has 0 aliphatic heterocycles. The number of rotatable bonds is 19. The van der Waals surface area contributed by atoms with Gasteiger partial charge in [-0.2, -0.15) is 9.13 Å². The molecule has 1 aliphatic rings. The zero-order valence-corrected chi connectivity index (χ0v) is 35.7. The van der Waals surface area contributed by atoms with Crippen molar-refractivity contribution in [1.29, 1.82) is 0 Å².